The molecule has 10 heavy (non-hydrogen) atoms. The molecule has 0 saturated carbocycles. The summed E-state index contributed by atoms with van der Waals surface area (Å²) in [5.74, 6) is 0.593. The molecule has 2 heteroatoms. The summed E-state index contributed by atoms with van der Waals surface area (Å²) in [6.45, 7) is 9.52. The molecular weight excluding hydrogens is 126 g/mol. The molecule has 0 spiro atoms. The van der Waals surface area contributed by atoms with Crippen molar-refractivity contribution in [2.45, 2.75) is 33.2 Å². The lowest BCUT2D eigenvalue weighted by Crippen LogP contribution is -2.31. The number of nitrogens with one attached hydrogen (secondary N) is 1. The second kappa shape index (κ2) is 4.31. The lowest BCUT2D eigenvalue weighted by atomic mass is 10.1. The van der Waals surface area contributed by atoms with Gasteiger partial charge < -0.3 is 5.32 Å². The van der Waals surface area contributed by atoms with E-state index in [9.17, 15) is 4.79 Å². The Morgan fingerprint density at radius 1 is 1.60 bits per heavy atom. The molecule has 0 rings (SSSR count). The first kappa shape index (κ1) is 9.47. The minimum Gasteiger partial charge on any atom is -0.354 e. The topological polar surface area (TPSA) is 29.1 Å². The maximum atomic E-state index is 10.5. The number of carbonyl (C=O) groups is 1. The highest BCUT2D eigenvalue weighted by atomic mass is 16.1. The summed E-state index contributed by atoms with van der Waals surface area (Å²) in [5.41, 5.74) is 0. The van der Waals surface area contributed by atoms with Crippen LogP contribution in [0.4, 0.5) is 0 Å². The molecule has 0 bridgehead atoms. The Labute approximate surface area is 63.0 Å². The van der Waals surface area contributed by atoms with Crippen molar-refractivity contribution in [1.29, 1.82) is 0 Å². The van der Waals surface area contributed by atoms with E-state index in [1.165, 1.54) is 6.92 Å². The van der Waals surface area contributed by atoms with Crippen molar-refractivity contribution < 1.29 is 4.79 Å². The minimum atomic E-state index is 0.000602. The van der Waals surface area contributed by atoms with Crippen molar-refractivity contribution >= 4 is 5.91 Å². The summed E-state index contributed by atoms with van der Waals surface area (Å²) in [6.07, 6.45) is 0.944. The van der Waals surface area contributed by atoms with Gasteiger partial charge in [-0.25, -0.2) is 0 Å². The van der Waals surface area contributed by atoms with Gasteiger partial charge >= 0.3 is 0 Å². The van der Waals surface area contributed by atoms with Gasteiger partial charge in [-0.15, -0.1) is 0 Å². The average Bonchev–Trinajstić information content (AvgIpc) is 1.58. The Balaban J connectivity index is 3.43. The maximum absolute atomic E-state index is 10.5. The van der Waals surface area contributed by atoms with Gasteiger partial charge in [-0.05, 0) is 19.3 Å². The van der Waals surface area contributed by atoms with Crippen molar-refractivity contribution in [2.24, 2.45) is 5.92 Å². The SMILES string of the molecule is [CH2][C@@H](CC(C)C)NC(C)=O. The molecule has 0 aromatic carbocycles. The fourth-order valence-electron chi connectivity index (χ4n) is 0.915. The van der Waals surface area contributed by atoms with Gasteiger partial charge in [0, 0.05) is 13.0 Å². The van der Waals surface area contributed by atoms with E-state index in [2.05, 4.69) is 26.1 Å². The number of amides is 1. The molecule has 1 amide bonds. The van der Waals surface area contributed by atoms with Gasteiger partial charge in [0.1, 0.15) is 0 Å². The van der Waals surface area contributed by atoms with Crippen LogP contribution in [0.5, 0.6) is 0 Å². The molecule has 59 valence electrons. The van der Waals surface area contributed by atoms with Crippen molar-refractivity contribution in [3.8, 4) is 0 Å². The van der Waals surface area contributed by atoms with Gasteiger partial charge in [-0.3, -0.25) is 4.79 Å². The Morgan fingerprint density at radius 2 is 2.10 bits per heavy atom. The molecule has 1 N–H and O–H groups in total. The maximum Gasteiger partial charge on any atom is 0.217 e. The lowest BCUT2D eigenvalue weighted by Gasteiger charge is -2.13. The molecule has 0 aromatic rings. The molecule has 0 saturated heterocycles. The van der Waals surface area contributed by atoms with E-state index in [1.54, 1.807) is 0 Å². The zero-order valence-corrected chi connectivity index (χ0v) is 6.98. The second-order valence-corrected chi connectivity index (χ2v) is 3.03. The molecule has 1 atom stereocenters. The van der Waals surface area contributed by atoms with Crippen molar-refractivity contribution in [1.82, 2.24) is 5.32 Å². The van der Waals surface area contributed by atoms with E-state index in [-0.39, 0.29) is 11.9 Å². The third-order valence-corrected chi connectivity index (χ3v) is 1.16. The van der Waals surface area contributed by atoms with E-state index in [1.807, 2.05) is 0 Å². The van der Waals surface area contributed by atoms with Crippen LogP contribution in [0.2, 0.25) is 0 Å². The summed E-state index contributed by atoms with van der Waals surface area (Å²) in [6, 6.07) is 0.0671. The Kier molecular flexibility index (Phi) is 4.08. The van der Waals surface area contributed by atoms with Crippen LogP contribution in [-0.2, 0) is 4.79 Å². The van der Waals surface area contributed by atoms with Crippen molar-refractivity contribution in [3.63, 3.8) is 0 Å². The van der Waals surface area contributed by atoms with Crippen molar-refractivity contribution in [3.05, 3.63) is 6.92 Å². The van der Waals surface area contributed by atoms with Gasteiger partial charge in [0.2, 0.25) is 5.91 Å². The minimum absolute atomic E-state index is 0.000602. The monoisotopic (exact) mass is 142 g/mol. The highest BCUT2D eigenvalue weighted by molar-refractivity contribution is 5.73. The molecule has 0 aromatic heterocycles. The highest BCUT2D eigenvalue weighted by Gasteiger charge is 2.04. The molecule has 0 aliphatic rings. The Morgan fingerprint density at radius 3 is 2.40 bits per heavy atom. The van der Waals surface area contributed by atoms with E-state index in [0.29, 0.717) is 5.92 Å². The Bertz CT molecular complexity index is 110. The summed E-state index contributed by atoms with van der Waals surface area (Å²) in [4.78, 5) is 10.5. The zero-order valence-electron chi connectivity index (χ0n) is 6.98. The average molecular weight is 142 g/mol. The van der Waals surface area contributed by atoms with Crippen LogP contribution >= 0.6 is 0 Å². The van der Waals surface area contributed by atoms with Crippen LogP contribution in [-0.4, -0.2) is 11.9 Å². The molecule has 2 nitrogen and oxygen atoms in total. The van der Waals surface area contributed by atoms with Gasteiger partial charge in [0.25, 0.3) is 0 Å². The third-order valence-electron chi connectivity index (χ3n) is 1.16. The van der Waals surface area contributed by atoms with E-state index >= 15 is 0 Å². The first-order valence-corrected chi connectivity index (χ1v) is 3.62. The van der Waals surface area contributed by atoms with Gasteiger partial charge in [-0.1, -0.05) is 13.8 Å². The van der Waals surface area contributed by atoms with E-state index in [0.717, 1.165) is 6.42 Å². The number of hydrogen-bond acceptors (Lipinski definition) is 1. The van der Waals surface area contributed by atoms with Crippen LogP contribution in [0.3, 0.4) is 0 Å². The van der Waals surface area contributed by atoms with Crippen LogP contribution in [0, 0.1) is 12.8 Å². The number of hydrogen-bond donors (Lipinski definition) is 1. The van der Waals surface area contributed by atoms with Gasteiger partial charge in [-0.2, -0.15) is 0 Å². The molecule has 0 aliphatic heterocycles. The van der Waals surface area contributed by atoms with Crippen LogP contribution in [0.1, 0.15) is 27.2 Å². The largest absolute Gasteiger partial charge is 0.354 e. The summed E-state index contributed by atoms with van der Waals surface area (Å²) in [7, 11) is 0. The quantitative estimate of drug-likeness (QED) is 0.633. The van der Waals surface area contributed by atoms with Crippen LogP contribution in [0.15, 0.2) is 0 Å². The standard InChI is InChI=1S/C8H16NO/c1-6(2)5-7(3)9-8(4)10/h6-7H,3,5H2,1-2,4H3,(H,9,10)/t7-/m0/s1. The van der Waals surface area contributed by atoms with Crippen LogP contribution in [0.25, 0.3) is 0 Å². The molecular formula is C8H16NO. The first-order valence-electron chi connectivity index (χ1n) is 3.62. The second-order valence-electron chi connectivity index (χ2n) is 3.03. The van der Waals surface area contributed by atoms with Crippen molar-refractivity contribution in [2.75, 3.05) is 0 Å². The van der Waals surface area contributed by atoms with Crippen LogP contribution < -0.4 is 5.32 Å². The lowest BCUT2D eigenvalue weighted by molar-refractivity contribution is -0.119. The predicted octanol–water partition coefficient (Wildman–Crippen LogP) is 1.37. The number of carbonyl (C=O) groups excluding carboxylic acids is 1. The normalized spacial score (nSPS) is 13.3. The Hall–Kier alpha value is -0.530. The fraction of sp³-hybridized carbons (Fsp3) is 0.750. The predicted molar refractivity (Wildman–Crippen MR) is 42.4 cm³/mol. The summed E-state index contributed by atoms with van der Waals surface area (Å²) in [5, 5.41) is 2.72. The number of rotatable bonds is 3. The first-order chi connectivity index (χ1) is 4.52. The van der Waals surface area contributed by atoms with E-state index in [4.69, 9.17) is 0 Å². The highest BCUT2D eigenvalue weighted by Crippen LogP contribution is 2.02. The molecule has 0 aliphatic carbocycles. The molecule has 1 radical (unpaired) electrons. The molecule has 0 heterocycles. The summed E-state index contributed by atoms with van der Waals surface area (Å²) < 4.78 is 0. The molecule has 0 fully saturated rings. The smallest absolute Gasteiger partial charge is 0.217 e. The van der Waals surface area contributed by atoms with E-state index < -0.39 is 0 Å². The fourth-order valence-corrected chi connectivity index (χ4v) is 0.915. The summed E-state index contributed by atoms with van der Waals surface area (Å²) >= 11 is 0. The third kappa shape index (κ3) is 5.60. The molecule has 0 unspecified atom stereocenters. The zero-order chi connectivity index (χ0) is 8.15. The van der Waals surface area contributed by atoms with Gasteiger partial charge in [0.05, 0.1) is 0 Å². The van der Waals surface area contributed by atoms with Gasteiger partial charge in [0.15, 0.2) is 0 Å².